The van der Waals surface area contributed by atoms with Crippen molar-refractivity contribution in [2.45, 2.75) is 0 Å². The average molecular weight is 262 g/mol. The Bertz CT molecular complexity index is 549. The van der Waals surface area contributed by atoms with Gasteiger partial charge >= 0.3 is 0 Å². The molecule has 1 saturated heterocycles. The van der Waals surface area contributed by atoms with E-state index >= 15 is 0 Å². The van der Waals surface area contributed by atoms with Crippen molar-refractivity contribution in [3.05, 3.63) is 18.2 Å². The molecule has 2 aromatic rings. The molecule has 0 atom stereocenters. The Morgan fingerprint density at radius 3 is 3.05 bits per heavy atom. The zero-order valence-electron chi connectivity index (χ0n) is 10.8. The normalized spacial score (nSPS) is 16.8. The Kier molecular flexibility index (Phi) is 3.52. The van der Waals surface area contributed by atoms with Gasteiger partial charge in [0.05, 0.1) is 18.7 Å². The summed E-state index contributed by atoms with van der Waals surface area (Å²) in [4.78, 5) is 9.58. The summed E-state index contributed by atoms with van der Waals surface area (Å²) in [5.74, 6) is 1.19. The predicted octanol–water partition coefficient (Wildman–Crippen LogP) is 0.856. The molecule has 3 N–H and O–H groups in total. The molecule has 0 saturated carbocycles. The van der Waals surface area contributed by atoms with Crippen molar-refractivity contribution in [2.24, 2.45) is 0 Å². The number of hydrogen-bond acceptors (Lipinski definition) is 5. The van der Waals surface area contributed by atoms with E-state index in [1.54, 1.807) is 0 Å². The van der Waals surface area contributed by atoms with Crippen LogP contribution in [0.4, 0.5) is 5.95 Å². The number of imidazole rings is 1. The van der Waals surface area contributed by atoms with Gasteiger partial charge in [-0.25, -0.2) is 4.98 Å². The fourth-order valence-electron chi connectivity index (χ4n) is 2.25. The van der Waals surface area contributed by atoms with Crippen LogP contribution in [0.15, 0.2) is 18.2 Å². The maximum Gasteiger partial charge on any atom is 0.198 e. The second-order valence-electron chi connectivity index (χ2n) is 4.58. The third-order valence-electron chi connectivity index (χ3n) is 3.26. The maximum atomic E-state index is 5.81. The molecule has 1 fully saturated rings. The number of nitrogen functional groups attached to an aromatic ring is 1. The number of fused-ring (bicyclic) bond motifs is 1. The van der Waals surface area contributed by atoms with E-state index in [4.69, 9.17) is 15.2 Å². The quantitative estimate of drug-likeness (QED) is 0.854. The summed E-state index contributed by atoms with van der Waals surface area (Å²) in [6.45, 7) is 5.12. The van der Waals surface area contributed by atoms with Crippen molar-refractivity contribution in [2.75, 3.05) is 45.2 Å². The molecule has 2 heterocycles. The molecule has 1 aliphatic rings. The first-order valence-electron chi connectivity index (χ1n) is 6.50. The highest BCUT2D eigenvalue weighted by atomic mass is 16.5. The molecule has 0 radical (unpaired) electrons. The van der Waals surface area contributed by atoms with E-state index in [1.165, 1.54) is 0 Å². The third kappa shape index (κ3) is 2.80. The minimum Gasteiger partial charge on any atom is -0.490 e. The average Bonchev–Trinajstić information content (AvgIpc) is 2.81. The summed E-state index contributed by atoms with van der Waals surface area (Å²) >= 11 is 0. The molecule has 1 aromatic carbocycles. The number of aromatic amines is 1. The largest absolute Gasteiger partial charge is 0.490 e. The number of nitrogens with one attached hydrogen (secondary N) is 1. The van der Waals surface area contributed by atoms with Gasteiger partial charge in [-0.3, -0.25) is 4.90 Å². The van der Waals surface area contributed by atoms with Crippen molar-refractivity contribution >= 4 is 17.0 Å². The van der Waals surface area contributed by atoms with E-state index in [-0.39, 0.29) is 0 Å². The Hall–Kier alpha value is -1.79. The van der Waals surface area contributed by atoms with E-state index in [9.17, 15) is 0 Å². The van der Waals surface area contributed by atoms with Crippen molar-refractivity contribution in [3.8, 4) is 5.75 Å². The number of H-pyrrole nitrogens is 1. The Balaban J connectivity index is 1.61. The van der Waals surface area contributed by atoms with Crippen LogP contribution >= 0.6 is 0 Å². The van der Waals surface area contributed by atoms with Crippen LogP contribution in [0.5, 0.6) is 5.75 Å². The van der Waals surface area contributed by atoms with Gasteiger partial charge in [0.2, 0.25) is 0 Å². The Labute approximate surface area is 111 Å². The maximum absolute atomic E-state index is 5.81. The molecule has 0 unspecified atom stereocenters. The van der Waals surface area contributed by atoms with Crippen LogP contribution in [0.2, 0.25) is 0 Å². The lowest BCUT2D eigenvalue weighted by molar-refractivity contribution is 0.0323. The summed E-state index contributed by atoms with van der Waals surface area (Å²) in [6, 6.07) is 5.79. The second-order valence-corrected chi connectivity index (χ2v) is 4.58. The van der Waals surface area contributed by atoms with Crippen LogP contribution in [0.1, 0.15) is 0 Å². The van der Waals surface area contributed by atoms with Crippen LogP contribution in [0.3, 0.4) is 0 Å². The highest BCUT2D eigenvalue weighted by Gasteiger charge is 2.11. The van der Waals surface area contributed by atoms with Gasteiger partial charge < -0.3 is 20.2 Å². The smallest absolute Gasteiger partial charge is 0.198 e. The lowest BCUT2D eigenvalue weighted by Crippen LogP contribution is -2.38. The van der Waals surface area contributed by atoms with Crippen LogP contribution in [0.25, 0.3) is 11.0 Å². The van der Waals surface area contributed by atoms with Gasteiger partial charge in [-0.05, 0) is 12.1 Å². The number of nitrogens with two attached hydrogens (primary N) is 1. The van der Waals surface area contributed by atoms with E-state index in [2.05, 4.69) is 14.9 Å². The zero-order valence-corrected chi connectivity index (χ0v) is 10.8. The first kappa shape index (κ1) is 12.3. The first-order valence-corrected chi connectivity index (χ1v) is 6.50. The Morgan fingerprint density at radius 2 is 2.21 bits per heavy atom. The molecule has 6 nitrogen and oxygen atoms in total. The van der Waals surface area contributed by atoms with E-state index in [0.29, 0.717) is 12.6 Å². The monoisotopic (exact) mass is 262 g/mol. The van der Waals surface area contributed by atoms with E-state index < -0.39 is 0 Å². The van der Waals surface area contributed by atoms with Crippen LogP contribution in [-0.4, -0.2) is 54.3 Å². The molecule has 0 aliphatic carbocycles. The molecule has 0 spiro atoms. The van der Waals surface area contributed by atoms with E-state index in [1.807, 2.05) is 18.2 Å². The van der Waals surface area contributed by atoms with Gasteiger partial charge in [0.25, 0.3) is 0 Å². The molecule has 3 rings (SSSR count). The van der Waals surface area contributed by atoms with Crippen LogP contribution < -0.4 is 10.5 Å². The third-order valence-corrected chi connectivity index (χ3v) is 3.26. The lowest BCUT2D eigenvalue weighted by atomic mass is 10.3. The summed E-state index contributed by atoms with van der Waals surface area (Å²) in [6.07, 6.45) is 0. The van der Waals surface area contributed by atoms with Crippen LogP contribution in [-0.2, 0) is 4.74 Å². The van der Waals surface area contributed by atoms with Crippen molar-refractivity contribution in [1.29, 1.82) is 0 Å². The summed E-state index contributed by atoms with van der Waals surface area (Å²) in [5.41, 5.74) is 7.36. The molecule has 102 valence electrons. The molecular weight excluding hydrogens is 244 g/mol. The van der Waals surface area contributed by atoms with Gasteiger partial charge in [-0.1, -0.05) is 6.07 Å². The highest BCUT2D eigenvalue weighted by molar-refractivity contribution is 5.83. The number of morpholine rings is 1. The van der Waals surface area contributed by atoms with Crippen molar-refractivity contribution < 1.29 is 9.47 Å². The van der Waals surface area contributed by atoms with Gasteiger partial charge in [-0.15, -0.1) is 0 Å². The minimum absolute atomic E-state index is 0.416. The Morgan fingerprint density at radius 1 is 1.37 bits per heavy atom. The molecule has 0 amide bonds. The molecule has 19 heavy (non-hydrogen) atoms. The van der Waals surface area contributed by atoms with Gasteiger partial charge in [0.1, 0.15) is 17.9 Å². The van der Waals surface area contributed by atoms with Gasteiger partial charge in [0, 0.05) is 19.6 Å². The minimum atomic E-state index is 0.416. The number of anilines is 1. The van der Waals surface area contributed by atoms with Gasteiger partial charge in [0.15, 0.2) is 5.95 Å². The number of rotatable bonds is 4. The molecule has 0 bridgehead atoms. The number of ether oxygens (including phenoxy) is 2. The molecule has 1 aromatic heterocycles. The van der Waals surface area contributed by atoms with E-state index in [0.717, 1.165) is 49.6 Å². The SMILES string of the molecule is Nc1nc2c(OCCN3CCOCC3)cccc2[nH]1. The second kappa shape index (κ2) is 5.46. The molecule has 1 aliphatic heterocycles. The summed E-state index contributed by atoms with van der Waals surface area (Å²) in [5, 5.41) is 0. The number of hydrogen-bond donors (Lipinski definition) is 2. The van der Waals surface area contributed by atoms with Gasteiger partial charge in [-0.2, -0.15) is 0 Å². The number of benzene rings is 1. The number of nitrogens with zero attached hydrogens (tertiary/aromatic N) is 2. The number of para-hydroxylation sites is 1. The summed E-state index contributed by atoms with van der Waals surface area (Å²) < 4.78 is 11.1. The zero-order chi connectivity index (χ0) is 13.1. The topological polar surface area (TPSA) is 76.4 Å². The highest BCUT2D eigenvalue weighted by Crippen LogP contribution is 2.23. The fourth-order valence-corrected chi connectivity index (χ4v) is 2.25. The fraction of sp³-hybridized carbons (Fsp3) is 0.462. The standard InChI is InChI=1S/C13H18N4O2/c14-13-15-10-2-1-3-11(12(10)16-13)19-9-6-17-4-7-18-8-5-17/h1-3H,4-9H2,(H3,14,15,16). The number of aromatic nitrogens is 2. The van der Waals surface area contributed by atoms with Crippen molar-refractivity contribution in [3.63, 3.8) is 0 Å². The lowest BCUT2D eigenvalue weighted by Gasteiger charge is -2.26. The first-order chi connectivity index (χ1) is 9.33. The predicted molar refractivity (Wildman–Crippen MR) is 73.3 cm³/mol. The molecular formula is C13H18N4O2. The van der Waals surface area contributed by atoms with Crippen molar-refractivity contribution in [1.82, 2.24) is 14.9 Å². The van der Waals surface area contributed by atoms with Crippen LogP contribution in [0, 0.1) is 0 Å². The molecule has 6 heteroatoms. The summed E-state index contributed by atoms with van der Waals surface area (Å²) in [7, 11) is 0.